The first-order chi connectivity index (χ1) is 7.81. The Balaban J connectivity index is 1.93. The number of hydrogen-bond donors (Lipinski definition) is 0. The highest BCUT2D eigenvalue weighted by atomic mass is 35.5. The van der Waals surface area contributed by atoms with Crippen molar-refractivity contribution >= 4 is 17.6 Å². The zero-order valence-corrected chi connectivity index (χ0v) is 11.0. The second-order valence-corrected chi connectivity index (χ2v) is 6.55. The molecule has 5 heteroatoms. The van der Waals surface area contributed by atoms with Crippen molar-refractivity contribution in [3.63, 3.8) is 0 Å². The molecule has 1 aliphatic carbocycles. The third-order valence-corrected chi connectivity index (χ3v) is 4.40. The standard InChI is InChI=1S/C12H17ClO4/c1-11(2)16-7-5-4-6-8(9(7)17-11)12(3,13)10(14)15-6/h6-9H,4-5H2,1-3H3. The summed E-state index contributed by atoms with van der Waals surface area (Å²) in [6.07, 6.45) is 1.43. The second-order valence-electron chi connectivity index (χ2n) is 5.76. The topological polar surface area (TPSA) is 44.8 Å². The fraction of sp³-hybridized carbons (Fsp3) is 0.917. The Morgan fingerprint density at radius 2 is 1.82 bits per heavy atom. The molecule has 17 heavy (non-hydrogen) atoms. The number of esters is 1. The number of carbonyl (C=O) groups is 1. The predicted octanol–water partition coefficient (Wildman–Crippen LogP) is 1.84. The largest absolute Gasteiger partial charge is 0.461 e. The number of alkyl halides is 1. The van der Waals surface area contributed by atoms with E-state index in [1.165, 1.54) is 0 Å². The monoisotopic (exact) mass is 260 g/mol. The lowest BCUT2D eigenvalue weighted by atomic mass is 9.77. The van der Waals surface area contributed by atoms with Crippen molar-refractivity contribution in [2.75, 3.05) is 0 Å². The Bertz CT molecular complexity index is 366. The molecular weight excluding hydrogens is 244 g/mol. The number of fused-ring (bicyclic) bond motifs is 3. The van der Waals surface area contributed by atoms with Crippen LogP contribution in [0.25, 0.3) is 0 Å². The van der Waals surface area contributed by atoms with E-state index >= 15 is 0 Å². The maximum absolute atomic E-state index is 11.8. The van der Waals surface area contributed by atoms with Gasteiger partial charge in [-0.1, -0.05) is 0 Å². The van der Waals surface area contributed by atoms with Crippen LogP contribution in [0.4, 0.5) is 0 Å². The molecule has 2 saturated heterocycles. The van der Waals surface area contributed by atoms with Gasteiger partial charge in [0.1, 0.15) is 11.0 Å². The molecule has 0 aromatic carbocycles. The summed E-state index contributed by atoms with van der Waals surface area (Å²) in [4.78, 5) is 10.8. The Hall–Kier alpha value is -0.320. The van der Waals surface area contributed by atoms with Crippen LogP contribution in [0, 0.1) is 5.92 Å². The minimum Gasteiger partial charge on any atom is -0.461 e. The molecule has 5 atom stereocenters. The fourth-order valence-corrected chi connectivity index (χ4v) is 3.60. The highest BCUT2D eigenvalue weighted by Crippen LogP contribution is 2.50. The van der Waals surface area contributed by atoms with E-state index in [0.717, 1.165) is 12.8 Å². The molecule has 0 aromatic rings. The van der Waals surface area contributed by atoms with Gasteiger partial charge in [-0.15, -0.1) is 11.6 Å². The average Bonchev–Trinajstić information content (AvgIpc) is 2.61. The Labute approximate surface area is 106 Å². The van der Waals surface area contributed by atoms with Gasteiger partial charge in [0, 0.05) is 0 Å². The summed E-state index contributed by atoms with van der Waals surface area (Å²) in [5, 5.41) is 0. The lowest BCUT2D eigenvalue weighted by Crippen LogP contribution is -2.48. The molecule has 96 valence electrons. The molecule has 3 rings (SSSR count). The molecule has 3 fully saturated rings. The first kappa shape index (κ1) is 11.8. The van der Waals surface area contributed by atoms with Crippen LogP contribution in [0.15, 0.2) is 0 Å². The van der Waals surface area contributed by atoms with Gasteiger partial charge in [0.25, 0.3) is 0 Å². The first-order valence-electron chi connectivity index (χ1n) is 6.07. The Kier molecular flexibility index (Phi) is 2.33. The number of ether oxygens (including phenoxy) is 3. The van der Waals surface area contributed by atoms with Gasteiger partial charge in [-0.25, -0.2) is 0 Å². The van der Waals surface area contributed by atoms with Crippen LogP contribution in [0.5, 0.6) is 0 Å². The van der Waals surface area contributed by atoms with Crippen molar-refractivity contribution < 1.29 is 19.0 Å². The molecule has 1 saturated carbocycles. The number of hydrogen-bond acceptors (Lipinski definition) is 4. The second kappa shape index (κ2) is 3.37. The third-order valence-electron chi connectivity index (χ3n) is 4.00. The number of carbonyl (C=O) groups excluding carboxylic acids is 1. The lowest BCUT2D eigenvalue weighted by Gasteiger charge is -2.35. The van der Waals surface area contributed by atoms with Gasteiger partial charge in [-0.2, -0.15) is 0 Å². The summed E-state index contributed by atoms with van der Waals surface area (Å²) in [5.74, 6) is -1.04. The van der Waals surface area contributed by atoms with Crippen molar-refractivity contribution in [3.05, 3.63) is 0 Å². The quantitative estimate of drug-likeness (QED) is 0.492. The van der Waals surface area contributed by atoms with E-state index in [1.54, 1.807) is 6.92 Å². The van der Waals surface area contributed by atoms with E-state index in [1.807, 2.05) is 13.8 Å². The smallest absolute Gasteiger partial charge is 0.327 e. The van der Waals surface area contributed by atoms with Crippen LogP contribution in [0.1, 0.15) is 33.6 Å². The molecule has 0 spiro atoms. The average molecular weight is 261 g/mol. The summed E-state index contributed by atoms with van der Waals surface area (Å²) in [7, 11) is 0. The summed E-state index contributed by atoms with van der Waals surface area (Å²) < 4.78 is 17.1. The van der Waals surface area contributed by atoms with Crippen molar-refractivity contribution in [2.45, 2.75) is 62.6 Å². The van der Waals surface area contributed by atoms with Crippen LogP contribution >= 0.6 is 11.6 Å². The summed E-state index contributed by atoms with van der Waals surface area (Å²) in [6.45, 7) is 5.51. The maximum atomic E-state index is 11.8. The van der Waals surface area contributed by atoms with E-state index in [4.69, 9.17) is 25.8 Å². The number of rotatable bonds is 0. The van der Waals surface area contributed by atoms with Gasteiger partial charge < -0.3 is 14.2 Å². The minimum absolute atomic E-state index is 0.0267. The van der Waals surface area contributed by atoms with E-state index in [2.05, 4.69) is 0 Å². The van der Waals surface area contributed by atoms with Gasteiger partial charge in [0.2, 0.25) is 0 Å². The van der Waals surface area contributed by atoms with Crippen LogP contribution in [-0.2, 0) is 19.0 Å². The first-order valence-corrected chi connectivity index (χ1v) is 6.45. The van der Waals surface area contributed by atoms with Crippen molar-refractivity contribution in [1.82, 2.24) is 0 Å². The fourth-order valence-electron chi connectivity index (χ4n) is 3.29. The van der Waals surface area contributed by atoms with Gasteiger partial charge in [-0.05, 0) is 33.6 Å². The summed E-state index contributed by atoms with van der Waals surface area (Å²) >= 11 is 6.34. The third kappa shape index (κ3) is 1.61. The molecule has 0 N–H and O–H groups in total. The normalized spacial score (nSPS) is 51.9. The van der Waals surface area contributed by atoms with E-state index < -0.39 is 10.7 Å². The SMILES string of the molecule is CC1(C)OC2CCC3OC(=O)C(C)(Cl)C3C2O1. The molecule has 5 unspecified atom stereocenters. The summed E-state index contributed by atoms with van der Waals surface area (Å²) in [6, 6.07) is 0. The van der Waals surface area contributed by atoms with Crippen molar-refractivity contribution in [3.8, 4) is 0 Å². The molecule has 0 aromatic heterocycles. The van der Waals surface area contributed by atoms with Crippen LogP contribution in [0.2, 0.25) is 0 Å². The van der Waals surface area contributed by atoms with Crippen molar-refractivity contribution in [2.24, 2.45) is 5.92 Å². The summed E-state index contributed by atoms with van der Waals surface area (Å²) in [5.41, 5.74) is 0. The van der Waals surface area contributed by atoms with Crippen LogP contribution < -0.4 is 0 Å². The van der Waals surface area contributed by atoms with Gasteiger partial charge in [0.05, 0.1) is 18.1 Å². The molecular formula is C12H17ClO4. The molecule has 3 aliphatic rings. The lowest BCUT2D eigenvalue weighted by molar-refractivity contribution is -0.150. The zero-order chi connectivity index (χ0) is 12.4. The highest BCUT2D eigenvalue weighted by Gasteiger charge is 2.63. The molecule has 0 amide bonds. The van der Waals surface area contributed by atoms with Crippen molar-refractivity contribution in [1.29, 1.82) is 0 Å². The highest BCUT2D eigenvalue weighted by molar-refractivity contribution is 6.34. The van der Waals surface area contributed by atoms with E-state index in [9.17, 15) is 4.79 Å². The predicted molar refractivity (Wildman–Crippen MR) is 60.7 cm³/mol. The molecule has 2 aliphatic heterocycles. The molecule has 0 radical (unpaired) electrons. The van der Waals surface area contributed by atoms with Crippen LogP contribution in [-0.4, -0.2) is 34.9 Å². The maximum Gasteiger partial charge on any atom is 0.327 e. The zero-order valence-electron chi connectivity index (χ0n) is 10.2. The van der Waals surface area contributed by atoms with E-state index in [-0.39, 0.29) is 30.2 Å². The minimum atomic E-state index is -0.988. The Morgan fingerprint density at radius 1 is 1.18 bits per heavy atom. The number of halogens is 1. The van der Waals surface area contributed by atoms with Gasteiger partial charge in [0.15, 0.2) is 5.79 Å². The molecule has 0 bridgehead atoms. The van der Waals surface area contributed by atoms with Gasteiger partial charge >= 0.3 is 5.97 Å². The van der Waals surface area contributed by atoms with Crippen LogP contribution in [0.3, 0.4) is 0 Å². The Morgan fingerprint density at radius 3 is 2.53 bits per heavy atom. The molecule has 4 nitrogen and oxygen atoms in total. The van der Waals surface area contributed by atoms with Gasteiger partial charge in [-0.3, -0.25) is 4.79 Å². The molecule has 2 heterocycles. The van der Waals surface area contributed by atoms with E-state index in [0.29, 0.717) is 0 Å².